The summed E-state index contributed by atoms with van der Waals surface area (Å²) in [6.45, 7) is 8.05. The van der Waals surface area contributed by atoms with Crippen LogP contribution in [0.2, 0.25) is 0 Å². The number of carbonyl (C=O) groups excluding carboxylic acids is 2. The molecule has 2 N–H and O–H groups in total. The first-order valence-electron chi connectivity index (χ1n) is 7.82. The lowest BCUT2D eigenvalue weighted by Crippen LogP contribution is -2.51. The zero-order chi connectivity index (χ0) is 16.3. The first-order valence-corrected chi connectivity index (χ1v) is 7.82. The Morgan fingerprint density at radius 3 is 2.73 bits per heavy atom. The van der Waals surface area contributed by atoms with Crippen LogP contribution in [0.5, 0.6) is 0 Å². The van der Waals surface area contributed by atoms with E-state index in [2.05, 4.69) is 17.2 Å². The summed E-state index contributed by atoms with van der Waals surface area (Å²) in [5.41, 5.74) is 2.52. The Balaban J connectivity index is 2.37. The summed E-state index contributed by atoms with van der Waals surface area (Å²) in [6.07, 6.45) is 1.54. The summed E-state index contributed by atoms with van der Waals surface area (Å²) in [4.78, 5) is 29.8. The number of methoxy groups -OCH3 is 1. The Bertz CT molecular complexity index is 565. The summed E-state index contributed by atoms with van der Waals surface area (Å²) in [5.74, 6) is -0.417. The zero-order valence-corrected chi connectivity index (χ0v) is 13.8. The van der Waals surface area contributed by atoms with Crippen molar-refractivity contribution in [3.05, 3.63) is 22.5 Å². The Kier molecular flexibility index (Phi) is 5.24. The maximum Gasteiger partial charge on any atom is 0.339 e. The first-order chi connectivity index (χ1) is 10.5. The van der Waals surface area contributed by atoms with Gasteiger partial charge in [-0.1, -0.05) is 13.3 Å². The van der Waals surface area contributed by atoms with Gasteiger partial charge in [0.15, 0.2) is 0 Å². The number of aryl methyl sites for hydroxylation is 1. The highest BCUT2D eigenvalue weighted by molar-refractivity contribution is 6.00. The number of esters is 1. The van der Waals surface area contributed by atoms with Crippen LogP contribution in [0.25, 0.3) is 0 Å². The van der Waals surface area contributed by atoms with Crippen molar-refractivity contribution in [1.82, 2.24) is 15.2 Å². The fourth-order valence-electron chi connectivity index (χ4n) is 3.01. The quantitative estimate of drug-likeness (QED) is 0.827. The van der Waals surface area contributed by atoms with Gasteiger partial charge in [-0.15, -0.1) is 0 Å². The Morgan fingerprint density at radius 2 is 2.14 bits per heavy atom. The van der Waals surface area contributed by atoms with Crippen LogP contribution >= 0.6 is 0 Å². The van der Waals surface area contributed by atoms with Gasteiger partial charge in [0.05, 0.1) is 12.7 Å². The highest BCUT2D eigenvalue weighted by atomic mass is 16.5. The number of aromatic nitrogens is 1. The standard InChI is InChI=1S/C16H25N3O3/c1-5-6-12-13(16(21)22-4)11(3)18-14(12)15(20)19-8-7-17-10(2)9-19/h10,17-18H,5-9H2,1-4H3/t10-/m1/s1. The van der Waals surface area contributed by atoms with Crippen LogP contribution in [0.4, 0.5) is 0 Å². The Morgan fingerprint density at radius 1 is 1.41 bits per heavy atom. The maximum atomic E-state index is 12.8. The second-order valence-electron chi connectivity index (χ2n) is 5.83. The van der Waals surface area contributed by atoms with Crippen molar-refractivity contribution >= 4 is 11.9 Å². The van der Waals surface area contributed by atoms with Gasteiger partial charge in [0, 0.05) is 31.4 Å². The molecule has 2 heterocycles. The maximum absolute atomic E-state index is 12.8. The van der Waals surface area contributed by atoms with Gasteiger partial charge in [0.2, 0.25) is 0 Å². The number of carbonyl (C=O) groups is 2. The topological polar surface area (TPSA) is 74.4 Å². The summed E-state index contributed by atoms with van der Waals surface area (Å²) in [7, 11) is 1.37. The molecule has 1 fully saturated rings. The molecule has 1 atom stereocenters. The molecule has 6 heteroatoms. The van der Waals surface area contributed by atoms with E-state index in [0.29, 0.717) is 36.5 Å². The largest absolute Gasteiger partial charge is 0.465 e. The molecule has 0 radical (unpaired) electrons. The molecule has 0 aromatic carbocycles. The molecule has 1 amide bonds. The number of rotatable bonds is 4. The van der Waals surface area contributed by atoms with E-state index < -0.39 is 0 Å². The number of hydrogen-bond donors (Lipinski definition) is 2. The Hall–Kier alpha value is -1.82. The first kappa shape index (κ1) is 16.5. The van der Waals surface area contributed by atoms with E-state index in [0.717, 1.165) is 18.5 Å². The predicted octanol–water partition coefficient (Wildman–Crippen LogP) is 1.50. The highest BCUT2D eigenvalue weighted by Crippen LogP contribution is 2.23. The van der Waals surface area contributed by atoms with Gasteiger partial charge in [-0.05, 0) is 25.8 Å². The summed E-state index contributed by atoms with van der Waals surface area (Å²) in [5, 5.41) is 3.32. The predicted molar refractivity (Wildman–Crippen MR) is 84.2 cm³/mol. The van der Waals surface area contributed by atoms with Gasteiger partial charge in [-0.2, -0.15) is 0 Å². The molecular weight excluding hydrogens is 282 g/mol. The molecule has 0 aliphatic carbocycles. The van der Waals surface area contributed by atoms with Gasteiger partial charge in [0.1, 0.15) is 5.69 Å². The lowest BCUT2D eigenvalue weighted by atomic mass is 10.0. The van der Waals surface area contributed by atoms with Crippen molar-refractivity contribution < 1.29 is 14.3 Å². The second kappa shape index (κ2) is 6.96. The molecule has 122 valence electrons. The minimum Gasteiger partial charge on any atom is -0.465 e. The van der Waals surface area contributed by atoms with Crippen LogP contribution in [0.15, 0.2) is 0 Å². The Labute approximate surface area is 131 Å². The number of H-pyrrole nitrogens is 1. The summed E-state index contributed by atoms with van der Waals surface area (Å²) < 4.78 is 4.87. The molecule has 0 bridgehead atoms. The molecule has 0 saturated carbocycles. The molecule has 1 aromatic rings. The average Bonchev–Trinajstić information content (AvgIpc) is 2.83. The molecule has 6 nitrogen and oxygen atoms in total. The van der Waals surface area contributed by atoms with Crippen molar-refractivity contribution in [2.45, 2.75) is 39.7 Å². The number of piperazine rings is 1. The molecule has 22 heavy (non-hydrogen) atoms. The molecule has 2 rings (SSSR count). The number of nitrogens with zero attached hydrogens (tertiary/aromatic N) is 1. The van der Waals surface area contributed by atoms with Crippen molar-refractivity contribution in [1.29, 1.82) is 0 Å². The van der Waals surface area contributed by atoms with Gasteiger partial charge in [-0.3, -0.25) is 4.79 Å². The average molecular weight is 307 g/mol. The van der Waals surface area contributed by atoms with Crippen LogP contribution in [-0.4, -0.2) is 54.5 Å². The minimum absolute atomic E-state index is 0.0324. The second-order valence-corrected chi connectivity index (χ2v) is 5.83. The van der Waals surface area contributed by atoms with Crippen molar-refractivity contribution in [2.75, 3.05) is 26.7 Å². The van der Waals surface area contributed by atoms with E-state index in [9.17, 15) is 9.59 Å². The van der Waals surface area contributed by atoms with Gasteiger partial charge in [0.25, 0.3) is 5.91 Å². The summed E-state index contributed by atoms with van der Waals surface area (Å²) in [6, 6.07) is 0.281. The number of nitrogens with one attached hydrogen (secondary N) is 2. The van der Waals surface area contributed by atoms with E-state index in [1.807, 2.05) is 18.7 Å². The van der Waals surface area contributed by atoms with Crippen molar-refractivity contribution in [3.8, 4) is 0 Å². The molecule has 1 saturated heterocycles. The highest BCUT2D eigenvalue weighted by Gasteiger charge is 2.29. The molecule has 0 unspecified atom stereocenters. The van der Waals surface area contributed by atoms with Crippen LogP contribution < -0.4 is 5.32 Å². The van der Waals surface area contributed by atoms with Gasteiger partial charge >= 0.3 is 5.97 Å². The van der Waals surface area contributed by atoms with E-state index in [1.165, 1.54) is 7.11 Å². The van der Waals surface area contributed by atoms with Crippen LogP contribution in [0.1, 0.15) is 52.4 Å². The monoisotopic (exact) mass is 307 g/mol. The number of hydrogen-bond acceptors (Lipinski definition) is 4. The number of amides is 1. The number of ether oxygens (including phenoxy) is 1. The summed E-state index contributed by atoms with van der Waals surface area (Å²) >= 11 is 0. The third-order valence-electron chi connectivity index (χ3n) is 4.05. The smallest absolute Gasteiger partial charge is 0.339 e. The SMILES string of the molecule is CCCc1c(C(=O)N2CCN[C@H](C)C2)[nH]c(C)c1C(=O)OC. The lowest BCUT2D eigenvalue weighted by molar-refractivity contribution is 0.0599. The molecule has 1 aliphatic heterocycles. The van der Waals surface area contributed by atoms with Crippen LogP contribution in [0.3, 0.4) is 0 Å². The van der Waals surface area contributed by atoms with Crippen molar-refractivity contribution in [2.24, 2.45) is 0 Å². The van der Waals surface area contributed by atoms with Gasteiger partial charge < -0.3 is 19.9 Å². The molecule has 1 aliphatic rings. The minimum atomic E-state index is -0.384. The van der Waals surface area contributed by atoms with E-state index >= 15 is 0 Å². The number of aromatic amines is 1. The van der Waals surface area contributed by atoms with Gasteiger partial charge in [-0.25, -0.2) is 4.79 Å². The van der Waals surface area contributed by atoms with E-state index in [4.69, 9.17) is 4.74 Å². The lowest BCUT2D eigenvalue weighted by Gasteiger charge is -2.31. The van der Waals surface area contributed by atoms with Crippen LogP contribution in [0, 0.1) is 6.92 Å². The van der Waals surface area contributed by atoms with E-state index in [-0.39, 0.29) is 17.9 Å². The normalized spacial score (nSPS) is 18.4. The fourth-order valence-corrected chi connectivity index (χ4v) is 3.01. The molecule has 0 spiro atoms. The fraction of sp³-hybridized carbons (Fsp3) is 0.625. The van der Waals surface area contributed by atoms with E-state index in [1.54, 1.807) is 0 Å². The zero-order valence-electron chi connectivity index (χ0n) is 13.8. The van der Waals surface area contributed by atoms with Crippen molar-refractivity contribution in [3.63, 3.8) is 0 Å². The third-order valence-corrected chi connectivity index (χ3v) is 4.05. The molecule has 1 aromatic heterocycles. The molecular formula is C16H25N3O3. The third kappa shape index (κ3) is 3.16. The van der Waals surface area contributed by atoms with Crippen LogP contribution in [-0.2, 0) is 11.2 Å².